The average Bonchev–Trinajstić information content (AvgIpc) is 4.12. The maximum absolute atomic E-state index is 15.2. The summed E-state index contributed by atoms with van der Waals surface area (Å²) in [5.41, 5.74) is -0.457. The smallest absolute Gasteiger partial charge is 0.343 e. The van der Waals surface area contributed by atoms with Crippen molar-refractivity contribution in [2.24, 2.45) is 46.8 Å². The van der Waals surface area contributed by atoms with E-state index in [1.165, 1.54) is 17.2 Å². The summed E-state index contributed by atoms with van der Waals surface area (Å²) in [5.74, 6) is -1.63. The number of H-pyrrole nitrogens is 1. The van der Waals surface area contributed by atoms with E-state index in [1.54, 1.807) is 6.08 Å². The highest BCUT2D eigenvalue weighted by atomic mass is 33.1. The van der Waals surface area contributed by atoms with Crippen molar-refractivity contribution in [3.63, 3.8) is 0 Å². The largest absolute Gasteiger partial charge is 0.508 e. The van der Waals surface area contributed by atoms with Crippen molar-refractivity contribution < 1.29 is 49.6 Å². The van der Waals surface area contributed by atoms with Gasteiger partial charge in [0.2, 0.25) is 5.79 Å². The lowest BCUT2D eigenvalue weighted by Crippen LogP contribution is -2.78. The van der Waals surface area contributed by atoms with Gasteiger partial charge >= 0.3 is 5.97 Å². The first-order valence-corrected chi connectivity index (χ1v) is 26.8. The van der Waals surface area contributed by atoms with Crippen molar-refractivity contribution in [3.05, 3.63) is 95.7 Å². The first-order chi connectivity index (χ1) is 32.5. The number of esters is 1. The van der Waals surface area contributed by atoms with Crippen LogP contribution in [0.15, 0.2) is 78.9 Å². The van der Waals surface area contributed by atoms with Crippen molar-refractivity contribution in [2.45, 2.75) is 104 Å². The summed E-state index contributed by atoms with van der Waals surface area (Å²) in [7, 11) is 5.67. The van der Waals surface area contributed by atoms with Gasteiger partial charge in [-0.05, 0) is 144 Å². The van der Waals surface area contributed by atoms with E-state index in [1.807, 2.05) is 83.2 Å². The van der Waals surface area contributed by atoms with Crippen molar-refractivity contribution >= 4 is 60.0 Å². The number of ether oxygens (including phenoxy) is 3. The highest BCUT2D eigenvalue weighted by Crippen LogP contribution is 2.81. The third kappa shape index (κ3) is 5.08. The molecule has 6 aliphatic carbocycles. The van der Waals surface area contributed by atoms with E-state index in [9.17, 15) is 30.6 Å². The monoisotopic (exact) mass is 944 g/mol. The zero-order valence-electron chi connectivity index (χ0n) is 37.1. The van der Waals surface area contributed by atoms with E-state index >= 15 is 4.79 Å². The van der Waals surface area contributed by atoms with E-state index in [0.717, 1.165) is 58.7 Å². The number of fused-ring (bicyclic) bond motifs is 10. The molecule has 0 radical (unpaired) electrons. The lowest BCUT2D eigenvalue weighted by molar-refractivity contribution is -0.351. The summed E-state index contributed by atoms with van der Waals surface area (Å²) in [5, 5.41) is 81.6. The highest BCUT2D eigenvalue weighted by Gasteiger charge is 2.84. The van der Waals surface area contributed by atoms with Crippen LogP contribution >= 0.6 is 21.6 Å². The minimum atomic E-state index is -2.65. The van der Waals surface area contributed by atoms with E-state index in [4.69, 9.17) is 14.2 Å². The van der Waals surface area contributed by atoms with Crippen LogP contribution in [-0.2, 0) is 26.3 Å². The predicted octanol–water partition coefficient (Wildman–Crippen LogP) is 6.17. The number of aliphatic hydroxyl groups is 5. The Morgan fingerprint density at radius 3 is 2.55 bits per heavy atom. The van der Waals surface area contributed by atoms with Crippen molar-refractivity contribution in [2.75, 3.05) is 18.6 Å². The lowest BCUT2D eigenvalue weighted by Gasteiger charge is -2.68. The van der Waals surface area contributed by atoms with Crippen LogP contribution in [0.25, 0.3) is 32.4 Å². The molecule has 0 unspecified atom stereocenters. The van der Waals surface area contributed by atoms with Crippen LogP contribution in [-0.4, -0.2) is 108 Å². The molecule has 3 saturated heterocycles. The van der Waals surface area contributed by atoms with Crippen LogP contribution < -0.4 is 10.1 Å². The van der Waals surface area contributed by atoms with Crippen LogP contribution in [0.5, 0.6) is 11.5 Å². The third-order valence-corrected chi connectivity index (χ3v) is 22.0. The number of aromatic nitrogens is 1. The Kier molecular flexibility index (Phi) is 9.11. The predicted molar refractivity (Wildman–Crippen MR) is 254 cm³/mol. The van der Waals surface area contributed by atoms with Gasteiger partial charge in [0.05, 0.1) is 35.4 Å². The molecule has 4 aliphatic heterocycles. The molecule has 4 aromatic carbocycles. The maximum atomic E-state index is 15.2. The van der Waals surface area contributed by atoms with Gasteiger partial charge in [0.1, 0.15) is 18.0 Å². The van der Waals surface area contributed by atoms with Crippen LogP contribution in [0, 0.1) is 46.8 Å². The normalized spacial score (nSPS) is 44.3. The molecule has 18 atom stereocenters. The molecule has 5 heterocycles. The zero-order valence-corrected chi connectivity index (χ0v) is 38.7. The second kappa shape index (κ2) is 14.5. The SMILES string of the molecule is CN[C@@H]1CSSC[C@@H]2c3cc(O)ccc3[C@]34[C@H](CC[C@@]35[C@H](O)[C@H]1C[C@H]1[C@H]5O[C@H]3[C@H](C(=O)Oc5c(CO)[nH]c6ccc7cc8ccccc8cc7c56)O[C@@]5(O)[C@H](O)C=C[C@@H]1[C@@]35O)C[C@H]1CC[C@H]2[C@H]14. The Morgan fingerprint density at radius 2 is 1.73 bits per heavy atom. The summed E-state index contributed by atoms with van der Waals surface area (Å²) < 4.78 is 20.4. The van der Waals surface area contributed by atoms with E-state index in [-0.39, 0.29) is 46.9 Å². The Labute approximate surface area is 395 Å². The minimum absolute atomic E-state index is 0.0903. The molecule has 4 saturated carbocycles. The number of aliphatic hydroxyl groups excluding tert-OH is 3. The molecule has 10 aliphatic rings. The molecule has 5 aromatic rings. The third-order valence-electron chi connectivity index (χ3n) is 19.5. The number of aromatic hydroxyl groups is 1. The van der Waals surface area contributed by atoms with Gasteiger partial charge in [0, 0.05) is 40.2 Å². The fraction of sp³-hybridized carbons (Fsp3) is 0.528. The number of benzene rings is 4. The van der Waals surface area contributed by atoms with Gasteiger partial charge in [0.15, 0.2) is 17.5 Å². The Hall–Kier alpha value is -3.67. The Balaban J connectivity index is 0.949. The van der Waals surface area contributed by atoms with Crippen LogP contribution in [0.3, 0.4) is 0 Å². The molecule has 7 fully saturated rings. The summed E-state index contributed by atoms with van der Waals surface area (Å²) in [6.45, 7) is -0.473. The van der Waals surface area contributed by atoms with Gasteiger partial charge in [-0.1, -0.05) is 70.1 Å². The second-order valence-electron chi connectivity index (χ2n) is 21.6. The topological polar surface area (TPSA) is 194 Å². The summed E-state index contributed by atoms with van der Waals surface area (Å²) in [4.78, 5) is 18.5. The summed E-state index contributed by atoms with van der Waals surface area (Å²) in [6, 6.07) is 21.8. The average molecular weight is 945 g/mol. The number of hydrogen-bond acceptors (Lipinski definition) is 13. The number of nitrogens with one attached hydrogen (secondary N) is 2. The molecule has 67 heavy (non-hydrogen) atoms. The molecule has 0 amide bonds. The van der Waals surface area contributed by atoms with Gasteiger partial charge in [-0.15, -0.1) is 0 Å². The van der Waals surface area contributed by atoms with Gasteiger partial charge in [0.25, 0.3) is 0 Å². The quantitative estimate of drug-likeness (QED) is 0.0442. The molecule has 350 valence electrons. The van der Waals surface area contributed by atoms with E-state index < -0.39 is 77.1 Å². The first-order valence-electron chi connectivity index (χ1n) is 24.3. The minimum Gasteiger partial charge on any atom is -0.508 e. The van der Waals surface area contributed by atoms with Crippen LogP contribution in [0.2, 0.25) is 0 Å². The lowest BCUT2D eigenvalue weighted by atomic mass is 9.40. The highest BCUT2D eigenvalue weighted by molar-refractivity contribution is 8.76. The number of phenols is 1. The van der Waals surface area contributed by atoms with Crippen molar-refractivity contribution in [3.8, 4) is 11.5 Å². The standard InChI is InChI=1S/C53H56N2O10S2/c1-54-40-23-67-66-22-35-30-9-6-27-17-28-14-15-50(51(28,43(27)30)36-10-8-29(57)19-32(35)36)46(59)34(40)20-33-37-11-13-41(58)53(62)52(37,61)48(64-47(33)50)45(65-53)49(60)63-44-39(21-56)55-38-12-7-26-16-24-4-2-3-5-25(24)18-31(26)42(38)44/h2-5,7-8,10-13,16,18-19,27-28,30,33-35,37,40-41,43,45-48,54-59,61-62H,6,9,14-15,17,20-23H2,1H3/t27-,28-,30-,33-,34+,35+,37+,40-,41-,43+,45-,46-,47-,48+,50+,51+,52-,53+/m1/s1. The number of hydrogen-bond donors (Lipinski definition) is 8. The van der Waals surface area contributed by atoms with Gasteiger partial charge < -0.3 is 55.2 Å². The van der Waals surface area contributed by atoms with E-state index in [2.05, 4.69) is 22.4 Å². The number of rotatable bonds is 4. The molecule has 15 rings (SSSR count). The molecule has 12 nitrogen and oxygen atoms in total. The fourth-order valence-electron chi connectivity index (χ4n) is 17.3. The number of phenolic OH excluding ortho intramolecular Hbond substituents is 1. The molecule has 14 heteroatoms. The summed E-state index contributed by atoms with van der Waals surface area (Å²) in [6.07, 6.45) is 2.01. The van der Waals surface area contributed by atoms with E-state index in [0.29, 0.717) is 35.6 Å². The number of carbonyl (C=O) groups is 1. The first kappa shape index (κ1) is 42.2. The van der Waals surface area contributed by atoms with Crippen LogP contribution in [0.4, 0.5) is 0 Å². The molecule has 8 N–H and O–H groups in total. The second-order valence-corrected chi connectivity index (χ2v) is 24.1. The van der Waals surface area contributed by atoms with Crippen molar-refractivity contribution in [1.82, 2.24) is 10.3 Å². The molecule has 2 spiro atoms. The van der Waals surface area contributed by atoms with Crippen molar-refractivity contribution in [1.29, 1.82) is 0 Å². The van der Waals surface area contributed by atoms with Gasteiger partial charge in [-0.25, -0.2) is 4.79 Å². The fourth-order valence-corrected chi connectivity index (χ4v) is 20.1. The Morgan fingerprint density at radius 1 is 0.910 bits per heavy atom. The van der Waals surface area contributed by atoms with Gasteiger partial charge in [-0.2, -0.15) is 0 Å². The number of carbonyl (C=O) groups excluding carboxylic acids is 1. The molecular formula is C53H56N2O10S2. The van der Waals surface area contributed by atoms with Gasteiger partial charge in [-0.3, -0.25) is 0 Å². The number of aromatic amines is 1. The molecular weight excluding hydrogens is 889 g/mol. The Bertz CT molecular complexity index is 2950. The van der Waals surface area contributed by atoms with Crippen LogP contribution in [0.1, 0.15) is 61.3 Å². The summed E-state index contributed by atoms with van der Waals surface area (Å²) >= 11 is 0. The maximum Gasteiger partial charge on any atom is 0.343 e. The molecule has 1 aromatic heterocycles. The molecule has 4 bridgehead atoms. The zero-order chi connectivity index (χ0) is 45.5.